The van der Waals surface area contributed by atoms with Crippen LogP contribution in [0.15, 0.2) is 0 Å². The van der Waals surface area contributed by atoms with Gasteiger partial charge in [0, 0.05) is 0 Å². The predicted molar refractivity (Wildman–Crippen MR) is 79.4 cm³/mol. The molecule has 0 aromatic carbocycles. The molecule has 0 saturated heterocycles. The van der Waals surface area contributed by atoms with Gasteiger partial charge in [0.2, 0.25) is 0 Å². The Morgan fingerprint density at radius 3 is 1.10 bits per heavy atom. The Kier molecular flexibility index (Phi) is 2.87. The van der Waals surface area contributed by atoms with Gasteiger partial charge in [-0.15, -0.1) is 0 Å². The molecule has 0 bridgehead atoms. The summed E-state index contributed by atoms with van der Waals surface area (Å²) in [4.78, 5) is 0. The van der Waals surface area contributed by atoms with Crippen molar-refractivity contribution < 1.29 is 10.2 Å². The van der Waals surface area contributed by atoms with E-state index in [0.717, 1.165) is 25.7 Å². The Morgan fingerprint density at radius 1 is 0.500 bits per heavy atom. The number of hydrogen-bond acceptors (Lipinski definition) is 2. The van der Waals surface area contributed by atoms with Crippen molar-refractivity contribution in [1.82, 2.24) is 0 Å². The maximum absolute atomic E-state index is 11.0. The van der Waals surface area contributed by atoms with Gasteiger partial charge in [-0.1, -0.05) is 0 Å². The minimum absolute atomic E-state index is 0.216. The molecule has 114 valence electrons. The standard InChI is InChI=1S/C18H30O2/c19-17-9-1-5-15(17,6-2-10-17)13-14-16-7-3-11-18(16,20)12-4-8-16/h19-20H,1-14H2. The molecular formula is C18H30O2. The third kappa shape index (κ3) is 1.58. The molecule has 2 N–H and O–H groups in total. The van der Waals surface area contributed by atoms with Crippen molar-refractivity contribution in [2.45, 2.75) is 101 Å². The van der Waals surface area contributed by atoms with E-state index in [4.69, 9.17) is 0 Å². The molecule has 4 aliphatic carbocycles. The molecule has 0 spiro atoms. The molecule has 20 heavy (non-hydrogen) atoms. The van der Waals surface area contributed by atoms with E-state index in [0.29, 0.717) is 0 Å². The van der Waals surface area contributed by atoms with E-state index in [1.165, 1.54) is 64.2 Å². The topological polar surface area (TPSA) is 40.5 Å². The van der Waals surface area contributed by atoms with E-state index in [1.807, 2.05) is 0 Å². The first-order chi connectivity index (χ1) is 9.54. The van der Waals surface area contributed by atoms with Gasteiger partial charge < -0.3 is 10.2 Å². The van der Waals surface area contributed by atoms with Gasteiger partial charge in [-0.3, -0.25) is 0 Å². The summed E-state index contributed by atoms with van der Waals surface area (Å²) in [7, 11) is 0. The molecule has 0 unspecified atom stereocenters. The molecule has 0 heterocycles. The van der Waals surface area contributed by atoms with Gasteiger partial charge in [0.1, 0.15) is 0 Å². The molecule has 4 rings (SSSR count). The zero-order valence-electron chi connectivity index (χ0n) is 12.8. The minimum atomic E-state index is -0.348. The molecule has 0 radical (unpaired) electrons. The molecule has 2 nitrogen and oxygen atoms in total. The molecule has 0 amide bonds. The van der Waals surface area contributed by atoms with Gasteiger partial charge in [0.15, 0.2) is 0 Å². The normalized spacial score (nSPS) is 54.3. The second kappa shape index (κ2) is 4.23. The van der Waals surface area contributed by atoms with Crippen molar-refractivity contribution in [1.29, 1.82) is 0 Å². The molecule has 0 aromatic rings. The first-order valence-corrected chi connectivity index (χ1v) is 8.98. The van der Waals surface area contributed by atoms with Crippen molar-refractivity contribution >= 4 is 0 Å². The van der Waals surface area contributed by atoms with Gasteiger partial charge in [0.25, 0.3) is 0 Å². The lowest BCUT2D eigenvalue weighted by molar-refractivity contribution is -0.0725. The van der Waals surface area contributed by atoms with Crippen LogP contribution in [0, 0.1) is 10.8 Å². The van der Waals surface area contributed by atoms with Crippen LogP contribution in [0.3, 0.4) is 0 Å². The third-order valence-electron chi connectivity index (χ3n) is 8.04. The van der Waals surface area contributed by atoms with E-state index in [-0.39, 0.29) is 22.0 Å². The maximum Gasteiger partial charge on any atom is 0.0703 e. The molecule has 4 saturated carbocycles. The van der Waals surface area contributed by atoms with Gasteiger partial charge in [-0.2, -0.15) is 0 Å². The fraction of sp³-hybridized carbons (Fsp3) is 1.00. The fourth-order valence-electron chi connectivity index (χ4n) is 6.81. The van der Waals surface area contributed by atoms with E-state index in [1.54, 1.807) is 0 Å². The molecule has 0 atom stereocenters. The number of rotatable bonds is 3. The highest BCUT2D eigenvalue weighted by molar-refractivity contribution is 5.12. The predicted octanol–water partition coefficient (Wildman–Crippen LogP) is 3.94. The summed E-state index contributed by atoms with van der Waals surface area (Å²) in [5, 5.41) is 22.0. The van der Waals surface area contributed by atoms with Crippen LogP contribution in [-0.4, -0.2) is 21.4 Å². The van der Waals surface area contributed by atoms with Crippen LogP contribution in [0.2, 0.25) is 0 Å². The molecule has 0 aromatic heterocycles. The highest BCUT2D eigenvalue weighted by atomic mass is 16.3. The van der Waals surface area contributed by atoms with E-state index < -0.39 is 0 Å². The SMILES string of the molecule is OC12CCCC1(CCC13CCCC1(O)CCC3)CCC2. The Balaban J connectivity index is 1.53. The quantitative estimate of drug-likeness (QED) is 0.821. The number of aliphatic hydroxyl groups is 2. The van der Waals surface area contributed by atoms with Crippen molar-refractivity contribution in [3.05, 3.63) is 0 Å². The zero-order valence-corrected chi connectivity index (χ0v) is 12.8. The summed E-state index contributed by atoms with van der Waals surface area (Å²) in [5.74, 6) is 0. The number of hydrogen-bond donors (Lipinski definition) is 2. The first-order valence-electron chi connectivity index (χ1n) is 8.98. The summed E-state index contributed by atoms with van der Waals surface area (Å²) in [6.07, 6.45) is 16.3. The minimum Gasteiger partial charge on any atom is -0.389 e. The summed E-state index contributed by atoms with van der Waals surface area (Å²) in [5.41, 5.74) is -0.264. The van der Waals surface area contributed by atoms with E-state index in [2.05, 4.69) is 0 Å². The summed E-state index contributed by atoms with van der Waals surface area (Å²) in [6.45, 7) is 0. The van der Waals surface area contributed by atoms with Crippen LogP contribution in [-0.2, 0) is 0 Å². The van der Waals surface area contributed by atoms with Crippen LogP contribution in [0.1, 0.15) is 89.9 Å². The second-order valence-electron chi connectivity index (χ2n) is 8.54. The number of fused-ring (bicyclic) bond motifs is 2. The maximum atomic E-state index is 11.0. The van der Waals surface area contributed by atoms with Gasteiger partial charge in [-0.05, 0) is 101 Å². The summed E-state index contributed by atoms with van der Waals surface area (Å²) >= 11 is 0. The van der Waals surface area contributed by atoms with Crippen LogP contribution in [0.4, 0.5) is 0 Å². The van der Waals surface area contributed by atoms with Gasteiger partial charge >= 0.3 is 0 Å². The largest absolute Gasteiger partial charge is 0.389 e. The van der Waals surface area contributed by atoms with Gasteiger partial charge in [-0.25, -0.2) is 0 Å². The van der Waals surface area contributed by atoms with Crippen LogP contribution >= 0.6 is 0 Å². The van der Waals surface area contributed by atoms with E-state index >= 15 is 0 Å². The van der Waals surface area contributed by atoms with Crippen LogP contribution in [0.25, 0.3) is 0 Å². The lowest BCUT2D eigenvalue weighted by Crippen LogP contribution is -2.43. The van der Waals surface area contributed by atoms with Crippen LogP contribution in [0.5, 0.6) is 0 Å². The first kappa shape index (κ1) is 13.6. The average Bonchev–Trinajstić information content (AvgIpc) is 3.03. The Bertz CT molecular complexity index is 342. The van der Waals surface area contributed by atoms with Crippen molar-refractivity contribution in [3.8, 4) is 0 Å². The third-order valence-corrected chi connectivity index (χ3v) is 8.04. The molecule has 2 heteroatoms. The monoisotopic (exact) mass is 278 g/mol. The highest BCUT2D eigenvalue weighted by Gasteiger charge is 2.60. The molecule has 4 aliphatic rings. The van der Waals surface area contributed by atoms with Crippen molar-refractivity contribution in [2.24, 2.45) is 10.8 Å². The lowest BCUT2D eigenvalue weighted by Gasteiger charge is -2.42. The smallest absolute Gasteiger partial charge is 0.0703 e. The summed E-state index contributed by atoms with van der Waals surface area (Å²) in [6, 6.07) is 0. The summed E-state index contributed by atoms with van der Waals surface area (Å²) < 4.78 is 0. The molecular weight excluding hydrogens is 248 g/mol. The molecule has 4 fully saturated rings. The molecule has 0 aliphatic heterocycles. The Hall–Kier alpha value is -0.0800. The Labute approximate surface area is 123 Å². The van der Waals surface area contributed by atoms with Crippen LogP contribution < -0.4 is 0 Å². The highest BCUT2D eigenvalue weighted by Crippen LogP contribution is 2.64. The second-order valence-corrected chi connectivity index (χ2v) is 8.54. The van der Waals surface area contributed by atoms with E-state index in [9.17, 15) is 10.2 Å². The van der Waals surface area contributed by atoms with Gasteiger partial charge in [0.05, 0.1) is 11.2 Å². The Morgan fingerprint density at radius 2 is 0.800 bits per heavy atom. The fourth-order valence-corrected chi connectivity index (χ4v) is 6.81. The van der Waals surface area contributed by atoms with Crippen molar-refractivity contribution in [2.75, 3.05) is 0 Å². The average molecular weight is 278 g/mol. The zero-order chi connectivity index (χ0) is 13.9. The lowest BCUT2D eigenvalue weighted by atomic mass is 9.66. The van der Waals surface area contributed by atoms with Crippen molar-refractivity contribution in [3.63, 3.8) is 0 Å².